The summed E-state index contributed by atoms with van der Waals surface area (Å²) in [6.45, 7) is 8.06. The quantitative estimate of drug-likeness (QED) is 0.00922. The molecule has 0 bridgehead atoms. The molecule has 0 saturated carbocycles. The first-order valence-electron chi connectivity index (χ1n) is 36.5. The predicted octanol–water partition coefficient (Wildman–Crippen LogP) is 13.3. The minimum Gasteiger partial charge on any atom is -0.462 e. The number of esters is 1. The first-order valence-corrected chi connectivity index (χ1v) is 39.5. The van der Waals surface area contributed by atoms with Gasteiger partial charge in [0, 0.05) is 39.1 Å². The van der Waals surface area contributed by atoms with E-state index in [1.54, 1.807) is 0 Å². The molecule has 94 heavy (non-hydrogen) atoms. The van der Waals surface area contributed by atoms with Gasteiger partial charge in [-0.2, -0.15) is 0 Å². The van der Waals surface area contributed by atoms with E-state index in [-0.39, 0.29) is 77.0 Å². The van der Waals surface area contributed by atoms with Crippen LogP contribution in [0.5, 0.6) is 0 Å². The molecule has 0 aromatic rings. The Morgan fingerprint density at radius 3 is 1.26 bits per heavy atom. The Kier molecular flexibility index (Phi) is 61.1. The number of nitrogens with one attached hydrogen (secondary N) is 4. The predicted molar refractivity (Wildman–Crippen MR) is 369 cm³/mol. The molecule has 23 nitrogen and oxygen atoms in total. The number of allylic oxidation sites excluding steroid dienone is 2. The van der Waals surface area contributed by atoms with Gasteiger partial charge < -0.3 is 55.5 Å². The molecule has 7 atom stereocenters. The van der Waals surface area contributed by atoms with Gasteiger partial charge in [-0.15, -0.1) is 0 Å². The van der Waals surface area contributed by atoms with Crippen LogP contribution in [0.15, 0.2) is 12.2 Å². The molecule has 0 aromatic heterocycles. The highest BCUT2D eigenvalue weighted by Crippen LogP contribution is 2.43. The van der Waals surface area contributed by atoms with Crippen LogP contribution in [0.2, 0.25) is 0 Å². The van der Waals surface area contributed by atoms with Gasteiger partial charge in [0.1, 0.15) is 18.3 Å². The number of unbranched alkanes of at least 4 members (excludes halogenated alkanes) is 25. The summed E-state index contributed by atoms with van der Waals surface area (Å²) in [5.74, 6) is -3.26. The van der Waals surface area contributed by atoms with E-state index < -0.39 is 103 Å². The average Bonchev–Trinajstić information content (AvgIpc) is 2.19. The number of carbonyl (C=O) groups is 6. The molecule has 0 heterocycles. The lowest BCUT2D eigenvalue weighted by Gasteiger charge is -2.23. The lowest BCUT2D eigenvalue weighted by molar-refractivity contribution is -0.151. The van der Waals surface area contributed by atoms with E-state index in [2.05, 4.69) is 68.0 Å². The minimum atomic E-state index is -4.79. The fourth-order valence-corrected chi connectivity index (χ4v) is 11.7. The Labute approximate surface area is 566 Å². The van der Waals surface area contributed by atoms with Gasteiger partial charge >= 0.3 is 21.6 Å². The topological polar surface area (TPSA) is 330 Å². The summed E-state index contributed by atoms with van der Waals surface area (Å²) in [4.78, 5) is 98.5. The van der Waals surface area contributed by atoms with Gasteiger partial charge in [0.25, 0.3) is 0 Å². The molecule has 8 N–H and O–H groups in total. The monoisotopic (exact) mass is 1380 g/mol. The average molecular weight is 1380 g/mol. The van der Waals surface area contributed by atoms with Crippen LogP contribution >= 0.6 is 15.6 Å². The Balaban J connectivity index is 5.35. The third kappa shape index (κ3) is 61.2. The lowest BCUT2D eigenvalue weighted by atomic mass is 10.0. The summed E-state index contributed by atoms with van der Waals surface area (Å²) in [6, 6.07) is -1.91. The maximum atomic E-state index is 13.6. The van der Waals surface area contributed by atoms with Crippen LogP contribution in [0.1, 0.15) is 298 Å². The standard InChI is InChI=1S/C69H132N4O19P2/c1-6-11-16-21-23-25-27-32-36-41-63(76)52-67(79)72-59(55-86-48-44-61(74)39-34-29-18-13-8-3)57-90-93(82,83)88-50-46-70-65(77)54-66(78)71-47-51-89-94(84,85)91-58-60(56-87-49-45-62(75)40-35-30-19-14-9-4)73-68(80)53-64(42-37-31-20-15-10-5)92-69(81)43-38-33-28-26-24-22-17-12-7-2/h26,28,59-62,64,74-75H,6-25,27,29-58H2,1-5H3,(H,70,77)(H,71,78)(H,72,79)(H,73,80)(H,82,83)(H,84,85)/t59?,60?,61-,62-,64-/m1/s1. The highest BCUT2D eigenvalue weighted by atomic mass is 31.2. The van der Waals surface area contributed by atoms with Crippen molar-refractivity contribution in [2.75, 3.05) is 65.9 Å². The summed E-state index contributed by atoms with van der Waals surface area (Å²) >= 11 is 0. The first-order chi connectivity index (χ1) is 45.3. The van der Waals surface area contributed by atoms with Gasteiger partial charge in [0.15, 0.2) is 0 Å². The first kappa shape index (κ1) is 90.8. The number of phosphoric acid groups is 2. The maximum Gasteiger partial charge on any atom is 0.472 e. The summed E-state index contributed by atoms with van der Waals surface area (Å²) < 4.78 is 63.9. The molecule has 0 aromatic carbocycles. The molecule has 0 aliphatic heterocycles. The van der Waals surface area contributed by atoms with Crippen molar-refractivity contribution >= 4 is 51.0 Å². The number of ether oxygens (including phenoxy) is 3. The molecular formula is C69H132N4O19P2. The SMILES string of the molecule is CCCCCCC=CCCCC(=O)O[C@H](CCCCCCC)CC(=O)NC(COCC[C@H](O)CCCCCCC)COP(=O)(O)OCCNC(=O)CC(=O)NCCOP(=O)(O)OCC(COCC[C@H](O)CCCCCCC)NC(=O)CC(=O)CCCCCCCCCCC. The molecule has 0 radical (unpaired) electrons. The van der Waals surface area contributed by atoms with E-state index in [4.69, 9.17) is 32.3 Å². The van der Waals surface area contributed by atoms with Gasteiger partial charge in [-0.1, -0.05) is 207 Å². The van der Waals surface area contributed by atoms with E-state index >= 15 is 0 Å². The van der Waals surface area contributed by atoms with E-state index in [9.17, 15) is 57.9 Å². The van der Waals surface area contributed by atoms with Crippen molar-refractivity contribution in [1.82, 2.24) is 21.3 Å². The van der Waals surface area contributed by atoms with Gasteiger partial charge in [-0.05, 0) is 70.6 Å². The second-order valence-electron chi connectivity index (χ2n) is 25.1. The molecule has 25 heteroatoms. The van der Waals surface area contributed by atoms with Crippen molar-refractivity contribution in [2.45, 2.75) is 328 Å². The molecule has 552 valence electrons. The molecule has 0 spiro atoms. The number of aliphatic hydroxyl groups is 2. The zero-order valence-electron chi connectivity index (χ0n) is 58.9. The van der Waals surface area contributed by atoms with Crippen LogP contribution in [-0.4, -0.2) is 152 Å². The number of amides is 4. The van der Waals surface area contributed by atoms with Crippen molar-refractivity contribution in [3.63, 3.8) is 0 Å². The second-order valence-corrected chi connectivity index (χ2v) is 28.0. The van der Waals surface area contributed by atoms with Crippen LogP contribution in [0, 0.1) is 0 Å². The van der Waals surface area contributed by atoms with Gasteiger partial charge in [0.2, 0.25) is 23.6 Å². The molecule has 0 aliphatic rings. The number of Topliss-reactive ketones (excluding diaryl/α,β-unsaturated/α-hetero) is 1. The van der Waals surface area contributed by atoms with Crippen molar-refractivity contribution in [1.29, 1.82) is 0 Å². The highest BCUT2D eigenvalue weighted by Gasteiger charge is 2.28. The Morgan fingerprint density at radius 1 is 0.404 bits per heavy atom. The zero-order valence-corrected chi connectivity index (χ0v) is 60.7. The Bertz CT molecular complexity index is 2030. The van der Waals surface area contributed by atoms with Crippen LogP contribution in [0.25, 0.3) is 0 Å². The number of phosphoric ester groups is 2. The van der Waals surface area contributed by atoms with E-state index in [1.807, 2.05) is 0 Å². The zero-order chi connectivity index (χ0) is 69.6. The molecular weight excluding hydrogens is 1250 g/mol. The number of hydrogen-bond donors (Lipinski definition) is 8. The van der Waals surface area contributed by atoms with E-state index in [1.165, 1.54) is 51.4 Å². The van der Waals surface area contributed by atoms with Crippen molar-refractivity contribution in [2.24, 2.45) is 0 Å². The fraction of sp³-hybridized carbons (Fsp3) is 0.884. The van der Waals surface area contributed by atoms with E-state index in [0.717, 1.165) is 135 Å². The largest absolute Gasteiger partial charge is 0.472 e. The molecule has 0 rings (SSSR count). The van der Waals surface area contributed by atoms with Crippen molar-refractivity contribution in [3.8, 4) is 0 Å². The van der Waals surface area contributed by atoms with Crippen molar-refractivity contribution < 1.29 is 90.2 Å². The molecule has 4 amide bonds. The Morgan fingerprint density at radius 2 is 0.798 bits per heavy atom. The van der Waals surface area contributed by atoms with Gasteiger partial charge in [0.05, 0.1) is 76.8 Å². The summed E-state index contributed by atoms with van der Waals surface area (Å²) in [6.07, 6.45) is 36.4. The fourth-order valence-electron chi connectivity index (χ4n) is 10.2. The maximum absolute atomic E-state index is 13.6. The van der Waals surface area contributed by atoms with Crippen molar-refractivity contribution in [3.05, 3.63) is 12.2 Å². The highest BCUT2D eigenvalue weighted by molar-refractivity contribution is 7.47. The van der Waals surface area contributed by atoms with Crippen LogP contribution in [0.3, 0.4) is 0 Å². The number of ketones is 1. The minimum absolute atomic E-state index is 0.144. The summed E-state index contributed by atoms with van der Waals surface area (Å²) in [7, 11) is -9.56. The normalized spacial score (nSPS) is 14.6. The number of hydrogen-bond acceptors (Lipinski definition) is 17. The molecule has 0 aliphatic carbocycles. The van der Waals surface area contributed by atoms with Gasteiger partial charge in [-0.3, -0.25) is 46.9 Å². The number of rotatable bonds is 70. The summed E-state index contributed by atoms with van der Waals surface area (Å²) in [5.41, 5.74) is 0. The lowest BCUT2D eigenvalue weighted by Crippen LogP contribution is -2.43. The number of aliphatic hydroxyl groups excluding tert-OH is 2. The number of carbonyl (C=O) groups excluding carboxylic acids is 6. The molecule has 0 fully saturated rings. The van der Waals surface area contributed by atoms with Crippen LogP contribution in [-0.2, 0) is 70.2 Å². The Hall–Kier alpha value is -3.18. The molecule has 4 unspecified atom stereocenters. The van der Waals surface area contributed by atoms with Gasteiger partial charge in [-0.25, -0.2) is 9.13 Å². The van der Waals surface area contributed by atoms with Crippen LogP contribution < -0.4 is 21.3 Å². The second kappa shape index (κ2) is 63.3. The summed E-state index contributed by atoms with van der Waals surface area (Å²) in [5, 5.41) is 31.2. The van der Waals surface area contributed by atoms with Crippen LogP contribution in [0.4, 0.5) is 0 Å². The third-order valence-electron chi connectivity index (χ3n) is 15.8. The van der Waals surface area contributed by atoms with E-state index in [0.29, 0.717) is 44.9 Å². The molecule has 0 saturated heterocycles. The third-order valence-corrected chi connectivity index (χ3v) is 17.8. The smallest absolute Gasteiger partial charge is 0.462 e.